The first-order chi connectivity index (χ1) is 9.65. The molecule has 1 aromatic rings. The van der Waals surface area contributed by atoms with Crippen molar-refractivity contribution in [2.75, 3.05) is 25.0 Å². The molecule has 5 nitrogen and oxygen atoms in total. The van der Waals surface area contributed by atoms with Crippen LogP contribution in [0.3, 0.4) is 0 Å². The van der Waals surface area contributed by atoms with Gasteiger partial charge in [0.1, 0.15) is 12.4 Å². The van der Waals surface area contributed by atoms with E-state index in [0.717, 1.165) is 0 Å². The van der Waals surface area contributed by atoms with Gasteiger partial charge in [0.05, 0.1) is 0 Å². The molecule has 21 heavy (non-hydrogen) atoms. The summed E-state index contributed by atoms with van der Waals surface area (Å²) in [5.41, 5.74) is 0.538. The molecule has 1 amide bonds. The molecule has 0 aromatic heterocycles. The van der Waals surface area contributed by atoms with Crippen molar-refractivity contribution in [1.82, 2.24) is 10.6 Å². The lowest BCUT2D eigenvalue weighted by Gasteiger charge is -2.09. The largest absolute Gasteiger partial charge is 0.357 e. The number of carbonyl (C=O) groups excluding carboxylic acids is 1. The van der Waals surface area contributed by atoms with E-state index in [-0.39, 0.29) is 42.2 Å². The van der Waals surface area contributed by atoms with Crippen molar-refractivity contribution in [2.24, 2.45) is 4.99 Å². The van der Waals surface area contributed by atoms with Crippen molar-refractivity contribution in [3.63, 3.8) is 0 Å². The number of nitrogens with zero attached hydrogens (tertiary/aromatic N) is 1. The van der Waals surface area contributed by atoms with Crippen LogP contribution >= 0.6 is 24.0 Å². The van der Waals surface area contributed by atoms with Crippen LogP contribution in [0.2, 0.25) is 0 Å². The highest BCUT2D eigenvalue weighted by molar-refractivity contribution is 14.0. The molecule has 0 aliphatic heterocycles. The van der Waals surface area contributed by atoms with Gasteiger partial charge in [0.2, 0.25) is 5.91 Å². The SMILES string of the molecule is C=CCNC(=NCC(=O)Nc1ccc(F)cc1)NCC.I. The number of benzene rings is 1. The van der Waals surface area contributed by atoms with E-state index in [1.807, 2.05) is 6.92 Å². The third kappa shape index (κ3) is 8.28. The average Bonchev–Trinajstić information content (AvgIpc) is 2.44. The van der Waals surface area contributed by atoms with Gasteiger partial charge in [0.25, 0.3) is 0 Å². The van der Waals surface area contributed by atoms with Gasteiger partial charge in [-0.1, -0.05) is 6.08 Å². The summed E-state index contributed by atoms with van der Waals surface area (Å²) in [6.45, 7) is 6.76. The average molecular weight is 406 g/mol. The van der Waals surface area contributed by atoms with Crippen molar-refractivity contribution >= 4 is 41.5 Å². The molecular formula is C14H20FIN4O. The highest BCUT2D eigenvalue weighted by Crippen LogP contribution is 2.07. The van der Waals surface area contributed by atoms with Crippen molar-refractivity contribution in [1.29, 1.82) is 0 Å². The molecular weight excluding hydrogens is 386 g/mol. The van der Waals surface area contributed by atoms with Crippen LogP contribution in [0.25, 0.3) is 0 Å². The maximum Gasteiger partial charge on any atom is 0.246 e. The quantitative estimate of drug-likeness (QED) is 0.294. The Labute approximate surface area is 141 Å². The normalized spacial score (nSPS) is 10.3. The second-order valence-electron chi connectivity index (χ2n) is 3.92. The monoisotopic (exact) mass is 406 g/mol. The standard InChI is InChI=1S/C14H19FN4O.HI/c1-3-9-17-14(16-4-2)18-10-13(20)19-12-7-5-11(15)6-8-12;/h3,5-8H,1,4,9-10H2,2H3,(H,19,20)(H2,16,17,18);1H. The number of hydrogen-bond acceptors (Lipinski definition) is 2. The summed E-state index contributed by atoms with van der Waals surface area (Å²) in [6.07, 6.45) is 1.70. The molecule has 0 saturated heterocycles. The van der Waals surface area contributed by atoms with Gasteiger partial charge >= 0.3 is 0 Å². The topological polar surface area (TPSA) is 65.5 Å². The minimum atomic E-state index is -0.343. The third-order valence-electron chi connectivity index (χ3n) is 2.27. The fraction of sp³-hybridized carbons (Fsp3) is 0.286. The van der Waals surface area contributed by atoms with Crippen LogP contribution in [0.5, 0.6) is 0 Å². The number of rotatable bonds is 6. The maximum absolute atomic E-state index is 12.7. The number of aliphatic imine (C=N–C) groups is 1. The van der Waals surface area contributed by atoms with Crippen molar-refractivity contribution < 1.29 is 9.18 Å². The molecule has 0 fully saturated rings. The number of guanidine groups is 1. The van der Waals surface area contributed by atoms with Gasteiger partial charge in [-0.3, -0.25) is 4.79 Å². The molecule has 0 spiro atoms. The second kappa shape index (κ2) is 11.1. The Bertz CT molecular complexity index is 476. The van der Waals surface area contributed by atoms with Crippen LogP contribution in [0.4, 0.5) is 10.1 Å². The van der Waals surface area contributed by atoms with Crippen LogP contribution < -0.4 is 16.0 Å². The van der Waals surface area contributed by atoms with E-state index in [2.05, 4.69) is 27.5 Å². The van der Waals surface area contributed by atoms with E-state index < -0.39 is 0 Å². The molecule has 1 aromatic carbocycles. The lowest BCUT2D eigenvalue weighted by Crippen LogP contribution is -2.38. The minimum absolute atomic E-state index is 0. The summed E-state index contributed by atoms with van der Waals surface area (Å²) >= 11 is 0. The van der Waals surface area contributed by atoms with Gasteiger partial charge in [-0.15, -0.1) is 30.6 Å². The van der Waals surface area contributed by atoms with E-state index in [1.54, 1.807) is 6.08 Å². The Morgan fingerprint density at radius 3 is 2.57 bits per heavy atom. The zero-order chi connectivity index (χ0) is 14.8. The Hall–Kier alpha value is -1.64. The maximum atomic E-state index is 12.7. The van der Waals surface area contributed by atoms with Crippen LogP contribution in [0.15, 0.2) is 41.9 Å². The van der Waals surface area contributed by atoms with Gasteiger partial charge in [-0.2, -0.15) is 0 Å². The molecule has 0 saturated carbocycles. The smallest absolute Gasteiger partial charge is 0.246 e. The van der Waals surface area contributed by atoms with Crippen molar-refractivity contribution in [2.45, 2.75) is 6.92 Å². The zero-order valence-corrected chi connectivity index (χ0v) is 14.2. The Morgan fingerprint density at radius 1 is 1.33 bits per heavy atom. The Balaban J connectivity index is 0.00000400. The molecule has 116 valence electrons. The Kier molecular flexibility index (Phi) is 10.2. The predicted molar refractivity (Wildman–Crippen MR) is 94.6 cm³/mol. The van der Waals surface area contributed by atoms with E-state index in [1.165, 1.54) is 24.3 Å². The summed E-state index contributed by atoms with van der Waals surface area (Å²) in [5, 5.41) is 8.63. The fourth-order valence-electron chi connectivity index (χ4n) is 1.40. The number of carbonyl (C=O) groups is 1. The van der Waals surface area contributed by atoms with E-state index in [4.69, 9.17) is 0 Å². The summed E-state index contributed by atoms with van der Waals surface area (Å²) in [5.74, 6) is -0.0712. The summed E-state index contributed by atoms with van der Waals surface area (Å²) < 4.78 is 12.7. The number of hydrogen-bond donors (Lipinski definition) is 3. The summed E-state index contributed by atoms with van der Waals surface area (Å²) in [7, 11) is 0. The number of nitrogens with one attached hydrogen (secondary N) is 3. The van der Waals surface area contributed by atoms with E-state index >= 15 is 0 Å². The number of halogens is 2. The van der Waals surface area contributed by atoms with Gasteiger partial charge < -0.3 is 16.0 Å². The first-order valence-electron chi connectivity index (χ1n) is 6.34. The molecule has 0 aliphatic rings. The lowest BCUT2D eigenvalue weighted by atomic mass is 10.3. The molecule has 0 radical (unpaired) electrons. The molecule has 0 unspecified atom stereocenters. The van der Waals surface area contributed by atoms with Crippen LogP contribution in [-0.2, 0) is 4.79 Å². The van der Waals surface area contributed by atoms with Gasteiger partial charge in [0.15, 0.2) is 5.96 Å². The zero-order valence-electron chi connectivity index (χ0n) is 11.9. The molecule has 0 aliphatic carbocycles. The molecule has 0 bridgehead atoms. The second-order valence-corrected chi connectivity index (χ2v) is 3.92. The highest BCUT2D eigenvalue weighted by Gasteiger charge is 2.02. The molecule has 0 atom stereocenters. The van der Waals surface area contributed by atoms with Gasteiger partial charge in [-0.25, -0.2) is 9.38 Å². The molecule has 3 N–H and O–H groups in total. The third-order valence-corrected chi connectivity index (χ3v) is 2.27. The van der Waals surface area contributed by atoms with E-state index in [9.17, 15) is 9.18 Å². The first-order valence-corrected chi connectivity index (χ1v) is 6.34. The number of amides is 1. The highest BCUT2D eigenvalue weighted by atomic mass is 127. The Morgan fingerprint density at radius 2 is 2.00 bits per heavy atom. The predicted octanol–water partition coefficient (Wildman–Crippen LogP) is 2.12. The fourth-order valence-corrected chi connectivity index (χ4v) is 1.40. The van der Waals surface area contributed by atoms with Crippen LogP contribution in [0.1, 0.15) is 6.92 Å². The number of anilines is 1. The minimum Gasteiger partial charge on any atom is -0.357 e. The van der Waals surface area contributed by atoms with Crippen LogP contribution in [-0.4, -0.2) is 31.5 Å². The van der Waals surface area contributed by atoms with Gasteiger partial charge in [0, 0.05) is 18.8 Å². The van der Waals surface area contributed by atoms with E-state index in [0.29, 0.717) is 24.7 Å². The first kappa shape index (κ1) is 19.4. The van der Waals surface area contributed by atoms with Crippen molar-refractivity contribution in [3.8, 4) is 0 Å². The van der Waals surface area contributed by atoms with Gasteiger partial charge in [-0.05, 0) is 31.2 Å². The van der Waals surface area contributed by atoms with Crippen LogP contribution in [0, 0.1) is 5.82 Å². The molecule has 1 rings (SSSR count). The van der Waals surface area contributed by atoms with Crippen molar-refractivity contribution in [3.05, 3.63) is 42.7 Å². The summed E-state index contributed by atoms with van der Waals surface area (Å²) in [4.78, 5) is 15.8. The molecule has 7 heteroatoms. The molecule has 0 heterocycles. The summed E-state index contributed by atoms with van der Waals surface area (Å²) in [6, 6.07) is 5.57. The lowest BCUT2D eigenvalue weighted by molar-refractivity contribution is -0.114.